The lowest BCUT2D eigenvalue weighted by Crippen LogP contribution is -2.13. The summed E-state index contributed by atoms with van der Waals surface area (Å²) >= 11 is 5.74. The molecule has 0 saturated carbocycles. The average Bonchev–Trinajstić information content (AvgIpc) is 2.49. The molecule has 1 aromatic carbocycles. The van der Waals surface area contributed by atoms with Gasteiger partial charge in [-0.15, -0.1) is 0 Å². The maximum absolute atomic E-state index is 5.82. The van der Waals surface area contributed by atoms with Gasteiger partial charge in [0.05, 0.1) is 17.8 Å². The fourth-order valence-electron chi connectivity index (χ4n) is 1.47. The molecule has 2 rings (SSSR count). The molecule has 0 aliphatic carbocycles. The first kappa shape index (κ1) is 14.1. The minimum atomic E-state index is 0.230. The fourth-order valence-corrected chi connectivity index (χ4v) is 1.59. The summed E-state index contributed by atoms with van der Waals surface area (Å²) in [5, 5.41) is 4.43. The summed E-state index contributed by atoms with van der Waals surface area (Å²) in [6, 6.07) is 10.7. The summed E-state index contributed by atoms with van der Waals surface area (Å²) in [6.45, 7) is 0.230. The van der Waals surface area contributed by atoms with Gasteiger partial charge in [-0.3, -0.25) is 4.98 Å². The average molecular weight is 292 g/mol. The standard InChI is InChI=1S/C14H14ClN3O2/c1-19-13-6-2-10(3-7-13)14(16)18-20-9-12-5-4-11(15)8-17-12/h2-8H,9H2,1H3,(H2,16,18). The Morgan fingerprint density at radius 2 is 2.00 bits per heavy atom. The molecule has 0 aliphatic heterocycles. The lowest BCUT2D eigenvalue weighted by Gasteiger charge is -2.03. The highest BCUT2D eigenvalue weighted by atomic mass is 35.5. The van der Waals surface area contributed by atoms with Crippen molar-refractivity contribution < 1.29 is 9.57 Å². The molecule has 0 aliphatic rings. The van der Waals surface area contributed by atoms with Crippen molar-refractivity contribution in [3.8, 4) is 5.75 Å². The monoisotopic (exact) mass is 291 g/mol. The van der Waals surface area contributed by atoms with Crippen molar-refractivity contribution in [2.45, 2.75) is 6.61 Å². The van der Waals surface area contributed by atoms with Crippen molar-refractivity contribution in [2.75, 3.05) is 7.11 Å². The number of hydrogen-bond donors (Lipinski definition) is 1. The van der Waals surface area contributed by atoms with Crippen molar-refractivity contribution in [3.05, 3.63) is 58.9 Å². The Morgan fingerprint density at radius 1 is 1.25 bits per heavy atom. The van der Waals surface area contributed by atoms with Crippen molar-refractivity contribution in [1.29, 1.82) is 0 Å². The predicted octanol–water partition coefficient (Wildman–Crippen LogP) is 2.58. The molecule has 0 saturated heterocycles. The molecule has 1 heterocycles. The molecule has 104 valence electrons. The van der Waals surface area contributed by atoms with Crippen molar-refractivity contribution in [2.24, 2.45) is 10.9 Å². The van der Waals surface area contributed by atoms with E-state index in [1.807, 2.05) is 12.1 Å². The van der Waals surface area contributed by atoms with E-state index in [1.54, 1.807) is 37.6 Å². The van der Waals surface area contributed by atoms with Gasteiger partial charge in [0.1, 0.15) is 5.75 Å². The van der Waals surface area contributed by atoms with Gasteiger partial charge in [0.25, 0.3) is 0 Å². The van der Waals surface area contributed by atoms with E-state index in [9.17, 15) is 0 Å². The Kier molecular flexibility index (Phi) is 4.79. The number of ether oxygens (including phenoxy) is 1. The van der Waals surface area contributed by atoms with Crippen LogP contribution in [0, 0.1) is 0 Å². The summed E-state index contributed by atoms with van der Waals surface area (Å²) in [7, 11) is 1.61. The summed E-state index contributed by atoms with van der Waals surface area (Å²) in [5.41, 5.74) is 7.30. The third-order valence-corrected chi connectivity index (χ3v) is 2.77. The number of benzene rings is 1. The van der Waals surface area contributed by atoms with Gasteiger partial charge in [-0.05, 0) is 36.4 Å². The summed E-state index contributed by atoms with van der Waals surface area (Å²) in [5.74, 6) is 1.05. The van der Waals surface area contributed by atoms with Crippen molar-refractivity contribution in [1.82, 2.24) is 4.98 Å². The topological polar surface area (TPSA) is 69.7 Å². The Balaban J connectivity index is 1.94. The third-order valence-electron chi connectivity index (χ3n) is 2.55. The predicted molar refractivity (Wildman–Crippen MR) is 77.8 cm³/mol. The van der Waals surface area contributed by atoms with Crippen LogP contribution in [-0.4, -0.2) is 17.9 Å². The van der Waals surface area contributed by atoms with Gasteiger partial charge in [-0.2, -0.15) is 0 Å². The number of nitrogens with zero attached hydrogens (tertiary/aromatic N) is 2. The molecule has 0 bridgehead atoms. The third kappa shape index (κ3) is 3.86. The van der Waals surface area contributed by atoms with E-state index in [0.717, 1.165) is 17.0 Å². The minimum absolute atomic E-state index is 0.230. The number of rotatable bonds is 5. The van der Waals surface area contributed by atoms with Crippen LogP contribution in [0.3, 0.4) is 0 Å². The fraction of sp³-hybridized carbons (Fsp3) is 0.143. The van der Waals surface area contributed by atoms with Gasteiger partial charge in [-0.25, -0.2) is 0 Å². The number of pyridine rings is 1. The number of oxime groups is 1. The highest BCUT2D eigenvalue weighted by molar-refractivity contribution is 6.30. The molecule has 0 fully saturated rings. The SMILES string of the molecule is COc1ccc(C(N)=NOCc2ccc(Cl)cn2)cc1. The second kappa shape index (κ2) is 6.77. The first-order valence-corrected chi connectivity index (χ1v) is 6.27. The zero-order valence-electron chi connectivity index (χ0n) is 10.9. The molecule has 5 nitrogen and oxygen atoms in total. The van der Waals surface area contributed by atoms with E-state index >= 15 is 0 Å². The molecule has 0 amide bonds. The maximum atomic E-state index is 5.82. The number of methoxy groups -OCH3 is 1. The van der Waals surface area contributed by atoms with Crippen LogP contribution in [0.2, 0.25) is 5.02 Å². The number of hydrogen-bond acceptors (Lipinski definition) is 4. The molecule has 0 radical (unpaired) electrons. The minimum Gasteiger partial charge on any atom is -0.497 e. The van der Waals surface area contributed by atoms with Crippen LogP contribution in [0.5, 0.6) is 5.75 Å². The Bertz CT molecular complexity index is 582. The number of halogens is 1. The Labute approximate surface area is 122 Å². The second-order valence-electron chi connectivity index (χ2n) is 3.95. The molecule has 1 aromatic heterocycles. The molecule has 0 unspecified atom stereocenters. The molecule has 0 spiro atoms. The molecule has 2 aromatic rings. The molecule has 20 heavy (non-hydrogen) atoms. The van der Waals surface area contributed by atoms with E-state index < -0.39 is 0 Å². The maximum Gasteiger partial charge on any atom is 0.170 e. The van der Waals surface area contributed by atoms with Crippen molar-refractivity contribution >= 4 is 17.4 Å². The summed E-state index contributed by atoms with van der Waals surface area (Å²) in [6.07, 6.45) is 1.55. The smallest absolute Gasteiger partial charge is 0.170 e. The van der Waals surface area contributed by atoms with Gasteiger partial charge in [0, 0.05) is 11.8 Å². The Morgan fingerprint density at radius 3 is 2.60 bits per heavy atom. The van der Waals surface area contributed by atoms with E-state index in [4.69, 9.17) is 26.9 Å². The molecule has 6 heteroatoms. The Hall–Kier alpha value is -2.27. The summed E-state index contributed by atoms with van der Waals surface area (Å²) < 4.78 is 5.07. The van der Waals surface area contributed by atoms with Gasteiger partial charge >= 0.3 is 0 Å². The van der Waals surface area contributed by atoms with Crippen LogP contribution in [-0.2, 0) is 11.4 Å². The molecular weight excluding hydrogens is 278 g/mol. The number of aromatic nitrogens is 1. The second-order valence-corrected chi connectivity index (χ2v) is 4.38. The van der Waals surface area contributed by atoms with Crippen molar-refractivity contribution in [3.63, 3.8) is 0 Å². The van der Waals surface area contributed by atoms with Crippen LogP contribution < -0.4 is 10.5 Å². The normalized spacial score (nSPS) is 11.2. The largest absolute Gasteiger partial charge is 0.497 e. The number of amidine groups is 1. The van der Waals surface area contributed by atoms with Crippen LogP contribution in [0.25, 0.3) is 0 Å². The first-order valence-electron chi connectivity index (χ1n) is 5.89. The lowest BCUT2D eigenvalue weighted by atomic mass is 10.2. The van der Waals surface area contributed by atoms with Crippen LogP contribution in [0.1, 0.15) is 11.3 Å². The highest BCUT2D eigenvalue weighted by Gasteiger charge is 2.00. The van der Waals surface area contributed by atoms with Gasteiger partial charge in [0.2, 0.25) is 0 Å². The van der Waals surface area contributed by atoms with Gasteiger partial charge in [-0.1, -0.05) is 16.8 Å². The van der Waals surface area contributed by atoms with E-state index in [1.165, 1.54) is 0 Å². The molecule has 0 atom stereocenters. The quantitative estimate of drug-likeness (QED) is 0.522. The zero-order valence-corrected chi connectivity index (χ0v) is 11.7. The lowest BCUT2D eigenvalue weighted by molar-refractivity contribution is 0.127. The molecule has 2 N–H and O–H groups in total. The zero-order chi connectivity index (χ0) is 14.4. The van der Waals surface area contributed by atoms with E-state index in [-0.39, 0.29) is 6.61 Å². The summed E-state index contributed by atoms with van der Waals surface area (Å²) in [4.78, 5) is 9.25. The highest BCUT2D eigenvalue weighted by Crippen LogP contribution is 2.11. The van der Waals surface area contributed by atoms with Crippen LogP contribution in [0.4, 0.5) is 0 Å². The van der Waals surface area contributed by atoms with E-state index in [2.05, 4.69) is 10.1 Å². The van der Waals surface area contributed by atoms with Gasteiger partial charge < -0.3 is 15.3 Å². The van der Waals surface area contributed by atoms with Crippen LogP contribution >= 0.6 is 11.6 Å². The first-order chi connectivity index (χ1) is 9.69. The van der Waals surface area contributed by atoms with E-state index in [0.29, 0.717) is 10.9 Å². The molecular formula is C14H14ClN3O2. The van der Waals surface area contributed by atoms with Crippen LogP contribution in [0.15, 0.2) is 47.8 Å². The number of nitrogens with two attached hydrogens (primary N) is 1. The van der Waals surface area contributed by atoms with Gasteiger partial charge in [0.15, 0.2) is 12.4 Å².